The van der Waals surface area contributed by atoms with Crippen molar-refractivity contribution in [3.8, 4) is 0 Å². The molecule has 1 unspecified atom stereocenters. The summed E-state index contributed by atoms with van der Waals surface area (Å²) in [5.74, 6) is -0.620. The van der Waals surface area contributed by atoms with Crippen molar-refractivity contribution in [3.05, 3.63) is 0 Å². The molecule has 6 nitrogen and oxygen atoms in total. The molecule has 6 heteroatoms. The van der Waals surface area contributed by atoms with E-state index in [-0.39, 0.29) is 31.0 Å². The molecule has 98 valence electrons. The van der Waals surface area contributed by atoms with Crippen molar-refractivity contribution in [2.75, 3.05) is 26.8 Å². The van der Waals surface area contributed by atoms with E-state index in [9.17, 15) is 9.59 Å². The molecule has 1 aliphatic rings. The topological polar surface area (TPSA) is 81.9 Å². The van der Waals surface area contributed by atoms with Gasteiger partial charge in [-0.3, -0.25) is 9.59 Å². The summed E-state index contributed by atoms with van der Waals surface area (Å²) in [5, 5.41) is 0. The molecule has 1 fully saturated rings. The quantitative estimate of drug-likeness (QED) is 0.611. The molecule has 1 rings (SSSR count). The van der Waals surface area contributed by atoms with Crippen LogP contribution in [-0.2, 0) is 19.1 Å². The summed E-state index contributed by atoms with van der Waals surface area (Å²) >= 11 is 0. The van der Waals surface area contributed by atoms with E-state index in [1.165, 1.54) is 12.0 Å². The molecular formula is C11H20N2O4. The normalized spacial score (nSPS) is 16.4. The molecule has 2 N–H and O–H groups in total. The standard InChI is InChI=1S/C11H20N2O4/c1-3-17-10(14)7-13(8-4-5-8)11(15)9(6-12)16-2/h8-9H,3-7,12H2,1-2H3. The number of carbonyl (C=O) groups excluding carboxylic acids is 2. The van der Waals surface area contributed by atoms with Crippen molar-refractivity contribution in [2.45, 2.75) is 31.9 Å². The first-order valence-electron chi connectivity index (χ1n) is 5.83. The number of esters is 1. The van der Waals surface area contributed by atoms with Gasteiger partial charge in [-0.15, -0.1) is 0 Å². The van der Waals surface area contributed by atoms with Crippen LogP contribution < -0.4 is 5.73 Å². The molecule has 1 aliphatic carbocycles. The summed E-state index contributed by atoms with van der Waals surface area (Å²) in [5.41, 5.74) is 5.44. The van der Waals surface area contributed by atoms with Gasteiger partial charge in [0.1, 0.15) is 12.6 Å². The third-order valence-electron chi connectivity index (χ3n) is 2.65. The van der Waals surface area contributed by atoms with Crippen LogP contribution in [0.2, 0.25) is 0 Å². The van der Waals surface area contributed by atoms with E-state index in [0.717, 1.165) is 12.8 Å². The van der Waals surface area contributed by atoms with Crippen LogP contribution in [0.4, 0.5) is 0 Å². The Hall–Kier alpha value is -1.14. The fourth-order valence-corrected chi connectivity index (χ4v) is 1.60. The fraction of sp³-hybridized carbons (Fsp3) is 0.818. The lowest BCUT2D eigenvalue weighted by Crippen LogP contribution is -2.47. The van der Waals surface area contributed by atoms with E-state index in [1.54, 1.807) is 6.92 Å². The molecule has 0 bridgehead atoms. The lowest BCUT2D eigenvalue weighted by atomic mass is 10.3. The Labute approximate surface area is 101 Å². The minimum absolute atomic E-state index is 0.0167. The highest BCUT2D eigenvalue weighted by Gasteiger charge is 2.36. The van der Waals surface area contributed by atoms with E-state index < -0.39 is 6.10 Å². The third kappa shape index (κ3) is 3.98. The molecule has 1 amide bonds. The van der Waals surface area contributed by atoms with Crippen LogP contribution >= 0.6 is 0 Å². The van der Waals surface area contributed by atoms with Crippen molar-refractivity contribution in [1.82, 2.24) is 4.90 Å². The summed E-state index contributed by atoms with van der Waals surface area (Å²) in [4.78, 5) is 25.0. The highest BCUT2D eigenvalue weighted by atomic mass is 16.5. The van der Waals surface area contributed by atoms with Gasteiger partial charge in [0.15, 0.2) is 0 Å². The van der Waals surface area contributed by atoms with Gasteiger partial charge in [0.2, 0.25) is 0 Å². The van der Waals surface area contributed by atoms with Crippen LogP contribution in [-0.4, -0.2) is 55.7 Å². The zero-order chi connectivity index (χ0) is 12.8. The number of ether oxygens (including phenoxy) is 2. The predicted octanol–water partition coefficient (Wildman–Crippen LogP) is -0.486. The van der Waals surface area contributed by atoms with Crippen LogP contribution in [0.3, 0.4) is 0 Å². The highest BCUT2D eigenvalue weighted by Crippen LogP contribution is 2.27. The van der Waals surface area contributed by atoms with Crippen molar-refractivity contribution in [3.63, 3.8) is 0 Å². The highest BCUT2D eigenvalue weighted by molar-refractivity contribution is 5.85. The number of amides is 1. The van der Waals surface area contributed by atoms with E-state index >= 15 is 0 Å². The van der Waals surface area contributed by atoms with Crippen LogP contribution in [0.5, 0.6) is 0 Å². The molecule has 0 aromatic carbocycles. The second-order valence-electron chi connectivity index (χ2n) is 3.96. The molecule has 0 spiro atoms. The van der Waals surface area contributed by atoms with Gasteiger partial charge in [0.25, 0.3) is 5.91 Å². The van der Waals surface area contributed by atoms with Crippen LogP contribution in [0.15, 0.2) is 0 Å². The van der Waals surface area contributed by atoms with Gasteiger partial charge in [0.05, 0.1) is 6.61 Å². The number of carbonyl (C=O) groups is 2. The number of methoxy groups -OCH3 is 1. The number of nitrogens with two attached hydrogens (primary N) is 1. The van der Waals surface area contributed by atoms with Crippen molar-refractivity contribution >= 4 is 11.9 Å². The van der Waals surface area contributed by atoms with Crippen LogP contribution in [0, 0.1) is 0 Å². The minimum Gasteiger partial charge on any atom is -0.465 e. The van der Waals surface area contributed by atoms with Gasteiger partial charge >= 0.3 is 5.97 Å². The smallest absolute Gasteiger partial charge is 0.325 e. The second kappa shape index (κ2) is 6.56. The maximum atomic E-state index is 12.0. The Morgan fingerprint density at radius 3 is 2.53 bits per heavy atom. The largest absolute Gasteiger partial charge is 0.465 e. The zero-order valence-corrected chi connectivity index (χ0v) is 10.3. The Balaban J connectivity index is 2.58. The first kappa shape index (κ1) is 13.9. The van der Waals surface area contributed by atoms with Gasteiger partial charge in [0, 0.05) is 19.7 Å². The molecule has 0 heterocycles. The Bertz CT molecular complexity index is 275. The van der Waals surface area contributed by atoms with Gasteiger partial charge in [-0.05, 0) is 19.8 Å². The average Bonchev–Trinajstić information content (AvgIpc) is 3.11. The molecule has 0 aromatic heterocycles. The molecule has 0 aromatic rings. The van der Waals surface area contributed by atoms with E-state index in [1.807, 2.05) is 0 Å². The minimum atomic E-state index is -0.676. The summed E-state index contributed by atoms with van der Waals surface area (Å²) in [7, 11) is 1.44. The first-order valence-corrected chi connectivity index (χ1v) is 5.83. The monoisotopic (exact) mass is 244 g/mol. The van der Waals surface area contributed by atoms with Gasteiger partial charge in [-0.2, -0.15) is 0 Å². The molecule has 0 radical (unpaired) electrons. The molecular weight excluding hydrogens is 224 g/mol. The Kier molecular flexibility index (Phi) is 5.37. The number of hydrogen-bond acceptors (Lipinski definition) is 5. The maximum absolute atomic E-state index is 12.0. The zero-order valence-electron chi connectivity index (χ0n) is 10.3. The Morgan fingerprint density at radius 1 is 1.47 bits per heavy atom. The summed E-state index contributed by atoms with van der Waals surface area (Å²) < 4.78 is 9.84. The Morgan fingerprint density at radius 2 is 2.12 bits per heavy atom. The lowest BCUT2D eigenvalue weighted by molar-refractivity contribution is -0.153. The molecule has 1 atom stereocenters. The summed E-state index contributed by atoms with van der Waals surface area (Å²) in [6.45, 7) is 2.15. The summed E-state index contributed by atoms with van der Waals surface area (Å²) in [6.07, 6.45) is 1.17. The second-order valence-corrected chi connectivity index (χ2v) is 3.96. The van der Waals surface area contributed by atoms with Crippen LogP contribution in [0.25, 0.3) is 0 Å². The number of nitrogens with zero attached hydrogens (tertiary/aromatic N) is 1. The van der Waals surface area contributed by atoms with Crippen LogP contribution in [0.1, 0.15) is 19.8 Å². The number of hydrogen-bond donors (Lipinski definition) is 1. The fourth-order valence-electron chi connectivity index (χ4n) is 1.60. The van der Waals surface area contributed by atoms with Crippen molar-refractivity contribution in [2.24, 2.45) is 5.73 Å². The van der Waals surface area contributed by atoms with E-state index in [2.05, 4.69) is 0 Å². The SMILES string of the molecule is CCOC(=O)CN(C(=O)C(CN)OC)C1CC1. The van der Waals surface area contributed by atoms with E-state index in [0.29, 0.717) is 6.61 Å². The molecule has 17 heavy (non-hydrogen) atoms. The van der Waals surface area contributed by atoms with Crippen molar-refractivity contribution in [1.29, 1.82) is 0 Å². The molecule has 1 saturated carbocycles. The summed E-state index contributed by atoms with van der Waals surface area (Å²) in [6, 6.07) is 0.135. The van der Waals surface area contributed by atoms with Gasteiger partial charge < -0.3 is 20.1 Å². The molecule has 0 saturated heterocycles. The maximum Gasteiger partial charge on any atom is 0.325 e. The molecule has 0 aliphatic heterocycles. The van der Waals surface area contributed by atoms with E-state index in [4.69, 9.17) is 15.2 Å². The van der Waals surface area contributed by atoms with Gasteiger partial charge in [-0.1, -0.05) is 0 Å². The number of rotatable bonds is 7. The average molecular weight is 244 g/mol. The third-order valence-corrected chi connectivity index (χ3v) is 2.65. The first-order chi connectivity index (χ1) is 8.13. The van der Waals surface area contributed by atoms with Crippen molar-refractivity contribution < 1.29 is 19.1 Å². The predicted molar refractivity (Wildman–Crippen MR) is 61.2 cm³/mol. The van der Waals surface area contributed by atoms with Gasteiger partial charge in [-0.25, -0.2) is 0 Å². The lowest BCUT2D eigenvalue weighted by Gasteiger charge is -2.25.